The van der Waals surface area contributed by atoms with Gasteiger partial charge < -0.3 is 10.4 Å². The van der Waals surface area contributed by atoms with Gasteiger partial charge in [-0.2, -0.15) is 0 Å². The van der Waals surface area contributed by atoms with Gasteiger partial charge in [-0.05, 0) is 28.8 Å². The lowest BCUT2D eigenvalue weighted by Crippen LogP contribution is -2.35. The average molecular weight is 306 g/mol. The largest absolute Gasteiger partial charge is 0.396 e. The molecule has 0 aromatic carbocycles. The first kappa shape index (κ1) is 12.3. The van der Waals surface area contributed by atoms with Crippen molar-refractivity contribution in [3.63, 3.8) is 0 Å². The highest BCUT2D eigenvalue weighted by Crippen LogP contribution is 2.36. The fourth-order valence-electron chi connectivity index (χ4n) is 2.23. The normalized spacial score (nSPS) is 19.6. The molecule has 6 heteroatoms. The van der Waals surface area contributed by atoms with Crippen LogP contribution in [0.15, 0.2) is 3.92 Å². The van der Waals surface area contributed by atoms with Gasteiger partial charge in [0.05, 0.1) is 6.61 Å². The van der Waals surface area contributed by atoms with E-state index in [2.05, 4.69) is 31.4 Å². The molecule has 0 saturated heterocycles. The molecular weight excluding hydrogens is 290 g/mol. The van der Waals surface area contributed by atoms with Crippen LogP contribution in [0.2, 0.25) is 0 Å². The van der Waals surface area contributed by atoms with Crippen LogP contribution in [-0.4, -0.2) is 28.5 Å². The Morgan fingerprint density at radius 3 is 2.62 bits per heavy atom. The minimum Gasteiger partial charge on any atom is -0.396 e. The molecule has 0 amide bonds. The maximum atomic E-state index is 9.54. The highest BCUT2D eigenvalue weighted by Gasteiger charge is 2.31. The Morgan fingerprint density at radius 1 is 1.31 bits per heavy atom. The number of nitrogens with one attached hydrogen (secondary N) is 1. The molecule has 1 aliphatic rings. The zero-order valence-corrected chi connectivity index (χ0v) is 11.5. The molecule has 16 heavy (non-hydrogen) atoms. The second kappa shape index (κ2) is 5.42. The summed E-state index contributed by atoms with van der Waals surface area (Å²) in [4.78, 5) is 0. The van der Waals surface area contributed by atoms with Crippen LogP contribution in [-0.2, 0) is 0 Å². The van der Waals surface area contributed by atoms with E-state index in [9.17, 15) is 5.11 Å². The molecule has 0 bridgehead atoms. The van der Waals surface area contributed by atoms with Crippen LogP contribution in [0.3, 0.4) is 0 Å². The summed E-state index contributed by atoms with van der Waals surface area (Å²) in [6.07, 6.45) is 5.96. The predicted octanol–water partition coefficient (Wildman–Crippen LogP) is 2.66. The lowest BCUT2D eigenvalue weighted by Gasteiger charge is -2.35. The van der Waals surface area contributed by atoms with E-state index in [4.69, 9.17) is 0 Å². The van der Waals surface area contributed by atoms with Crippen LogP contribution in [0.4, 0.5) is 5.13 Å². The summed E-state index contributed by atoms with van der Waals surface area (Å²) in [5, 5.41) is 21.5. The Hall–Kier alpha value is -0.200. The summed E-state index contributed by atoms with van der Waals surface area (Å²) >= 11 is 4.77. The maximum Gasteiger partial charge on any atom is 0.206 e. The number of nitrogens with zero attached hydrogens (tertiary/aromatic N) is 2. The first-order chi connectivity index (χ1) is 7.74. The highest BCUT2D eigenvalue weighted by atomic mass is 79.9. The first-order valence-electron chi connectivity index (χ1n) is 5.58. The van der Waals surface area contributed by atoms with Crippen LogP contribution in [0.5, 0.6) is 0 Å². The van der Waals surface area contributed by atoms with E-state index in [-0.39, 0.29) is 12.0 Å². The van der Waals surface area contributed by atoms with Crippen molar-refractivity contribution in [3.8, 4) is 0 Å². The SMILES string of the molecule is OCC1(CNc2nnc(Br)s2)CCCCC1. The monoisotopic (exact) mass is 305 g/mol. The van der Waals surface area contributed by atoms with E-state index in [0.717, 1.165) is 28.4 Å². The van der Waals surface area contributed by atoms with E-state index >= 15 is 0 Å². The van der Waals surface area contributed by atoms with Crippen molar-refractivity contribution < 1.29 is 5.11 Å². The summed E-state index contributed by atoms with van der Waals surface area (Å²) in [6, 6.07) is 0. The van der Waals surface area contributed by atoms with Crippen LogP contribution in [0.1, 0.15) is 32.1 Å². The fraction of sp³-hybridized carbons (Fsp3) is 0.800. The van der Waals surface area contributed by atoms with E-state index in [1.54, 1.807) is 0 Å². The Kier molecular flexibility index (Phi) is 4.16. The maximum absolute atomic E-state index is 9.54. The average Bonchev–Trinajstić information content (AvgIpc) is 2.74. The number of anilines is 1. The summed E-state index contributed by atoms with van der Waals surface area (Å²) in [7, 11) is 0. The second-order valence-corrected chi connectivity index (χ2v) is 6.69. The van der Waals surface area contributed by atoms with Crippen molar-refractivity contribution in [1.29, 1.82) is 0 Å². The number of aliphatic hydroxyl groups excluding tert-OH is 1. The molecular formula is C10H16BrN3OS. The molecule has 0 atom stereocenters. The van der Waals surface area contributed by atoms with Gasteiger partial charge in [-0.1, -0.05) is 30.6 Å². The van der Waals surface area contributed by atoms with Crippen LogP contribution < -0.4 is 5.32 Å². The molecule has 90 valence electrons. The number of hydrogen-bond donors (Lipinski definition) is 2. The van der Waals surface area contributed by atoms with Crippen molar-refractivity contribution in [2.24, 2.45) is 5.41 Å². The summed E-state index contributed by atoms with van der Waals surface area (Å²) < 4.78 is 0.789. The van der Waals surface area contributed by atoms with Crippen LogP contribution in [0, 0.1) is 5.41 Å². The molecule has 1 aromatic heterocycles. The minimum atomic E-state index is 0.0520. The molecule has 0 radical (unpaired) electrons. The molecule has 0 spiro atoms. The quantitative estimate of drug-likeness (QED) is 0.898. The lowest BCUT2D eigenvalue weighted by atomic mass is 9.74. The number of aromatic nitrogens is 2. The smallest absolute Gasteiger partial charge is 0.206 e. The van der Waals surface area contributed by atoms with Gasteiger partial charge in [0.15, 0.2) is 3.92 Å². The Morgan fingerprint density at radius 2 is 2.06 bits per heavy atom. The van der Waals surface area contributed by atoms with Gasteiger partial charge >= 0.3 is 0 Å². The summed E-state index contributed by atoms with van der Waals surface area (Å²) in [6.45, 7) is 1.06. The van der Waals surface area contributed by atoms with Gasteiger partial charge in [-0.3, -0.25) is 0 Å². The highest BCUT2D eigenvalue weighted by molar-refractivity contribution is 9.11. The Bertz CT molecular complexity index is 339. The zero-order valence-electron chi connectivity index (χ0n) is 9.08. The van der Waals surface area contributed by atoms with Crippen molar-refractivity contribution in [1.82, 2.24) is 10.2 Å². The molecule has 1 heterocycles. The standard InChI is InChI=1S/C10H16BrN3OS/c11-8-13-14-9(16-8)12-6-10(7-15)4-2-1-3-5-10/h15H,1-7H2,(H,12,14). The van der Waals surface area contributed by atoms with E-state index < -0.39 is 0 Å². The van der Waals surface area contributed by atoms with Crippen molar-refractivity contribution in [2.75, 3.05) is 18.5 Å². The van der Waals surface area contributed by atoms with Gasteiger partial charge in [-0.25, -0.2) is 0 Å². The third-order valence-electron chi connectivity index (χ3n) is 3.26. The molecule has 0 unspecified atom stereocenters. The molecule has 0 aliphatic heterocycles. The zero-order chi connectivity index (χ0) is 11.4. The molecule has 1 saturated carbocycles. The Labute approximate surface area is 108 Å². The molecule has 2 N–H and O–H groups in total. The molecule has 2 rings (SSSR count). The van der Waals surface area contributed by atoms with Gasteiger partial charge in [0.1, 0.15) is 0 Å². The topological polar surface area (TPSA) is 58.0 Å². The molecule has 1 aromatic rings. The number of halogens is 1. The van der Waals surface area contributed by atoms with E-state index in [1.165, 1.54) is 30.6 Å². The summed E-state index contributed by atoms with van der Waals surface area (Å²) in [5.41, 5.74) is 0.0520. The third-order valence-corrected chi connectivity index (χ3v) is 4.58. The number of rotatable bonds is 4. The third kappa shape index (κ3) is 2.93. The van der Waals surface area contributed by atoms with E-state index in [0.29, 0.717) is 0 Å². The predicted molar refractivity (Wildman–Crippen MR) is 68.7 cm³/mol. The van der Waals surface area contributed by atoms with Gasteiger partial charge in [0.2, 0.25) is 5.13 Å². The van der Waals surface area contributed by atoms with Crippen molar-refractivity contribution >= 4 is 32.4 Å². The van der Waals surface area contributed by atoms with Crippen molar-refractivity contribution in [2.45, 2.75) is 32.1 Å². The second-order valence-electron chi connectivity index (χ2n) is 4.43. The molecule has 4 nitrogen and oxygen atoms in total. The van der Waals surface area contributed by atoms with Crippen LogP contribution in [0.25, 0.3) is 0 Å². The fourth-order valence-corrected chi connectivity index (χ4v) is 3.24. The van der Waals surface area contributed by atoms with Gasteiger partial charge in [-0.15, -0.1) is 10.2 Å². The molecule has 1 aliphatic carbocycles. The number of hydrogen-bond acceptors (Lipinski definition) is 5. The lowest BCUT2D eigenvalue weighted by molar-refractivity contribution is 0.0944. The Balaban J connectivity index is 1.91. The number of aliphatic hydroxyl groups is 1. The first-order valence-corrected chi connectivity index (χ1v) is 7.19. The van der Waals surface area contributed by atoms with Crippen molar-refractivity contribution in [3.05, 3.63) is 3.92 Å². The molecule has 1 fully saturated rings. The summed E-state index contributed by atoms with van der Waals surface area (Å²) in [5.74, 6) is 0. The minimum absolute atomic E-state index is 0.0520. The van der Waals surface area contributed by atoms with Crippen LogP contribution >= 0.6 is 27.3 Å². The van der Waals surface area contributed by atoms with E-state index in [1.807, 2.05) is 0 Å². The van der Waals surface area contributed by atoms with Gasteiger partial charge in [0.25, 0.3) is 0 Å². The van der Waals surface area contributed by atoms with Gasteiger partial charge in [0, 0.05) is 12.0 Å².